The third-order valence-corrected chi connectivity index (χ3v) is 2.10. The number of hydrogen-bond donors (Lipinski definition) is 1. The standard InChI is InChI=1S/C10H22N4/c1-8(2)14(6)7-12-9(13-11)10(3,4)5/h8,11H,7H2,1-6H3. The van der Waals surface area contributed by atoms with Crippen LogP contribution in [0.15, 0.2) is 10.1 Å². The monoisotopic (exact) mass is 198 g/mol. The van der Waals surface area contributed by atoms with E-state index in [-0.39, 0.29) is 5.41 Å². The van der Waals surface area contributed by atoms with Crippen molar-refractivity contribution in [3.63, 3.8) is 0 Å². The van der Waals surface area contributed by atoms with Crippen LogP contribution in [0.3, 0.4) is 0 Å². The second-order valence-electron chi connectivity index (χ2n) is 4.84. The van der Waals surface area contributed by atoms with E-state index in [1.807, 2.05) is 27.8 Å². The summed E-state index contributed by atoms with van der Waals surface area (Å²) in [6.07, 6.45) is 0. The Morgan fingerprint density at radius 1 is 1.36 bits per heavy atom. The molecule has 4 nitrogen and oxygen atoms in total. The van der Waals surface area contributed by atoms with Crippen molar-refractivity contribution in [3.05, 3.63) is 0 Å². The first-order chi connectivity index (χ1) is 6.29. The molecule has 0 atom stereocenters. The van der Waals surface area contributed by atoms with Crippen LogP contribution in [0.25, 0.3) is 0 Å². The van der Waals surface area contributed by atoms with E-state index in [1.54, 1.807) is 0 Å². The third-order valence-electron chi connectivity index (χ3n) is 2.10. The van der Waals surface area contributed by atoms with Crippen molar-refractivity contribution in [2.24, 2.45) is 15.5 Å². The zero-order valence-electron chi connectivity index (χ0n) is 10.1. The Labute approximate surface area is 86.9 Å². The molecule has 0 saturated carbocycles. The molecule has 0 aromatic carbocycles. The largest absolute Gasteiger partial charge is 0.285 e. The molecule has 0 aliphatic heterocycles. The van der Waals surface area contributed by atoms with E-state index in [4.69, 9.17) is 5.53 Å². The highest BCUT2D eigenvalue weighted by molar-refractivity contribution is 5.87. The number of rotatable bonds is 3. The fraction of sp³-hybridized carbons (Fsp3) is 0.900. The van der Waals surface area contributed by atoms with Crippen LogP contribution in [0.1, 0.15) is 34.6 Å². The maximum atomic E-state index is 7.04. The van der Waals surface area contributed by atoms with Crippen LogP contribution in [0.5, 0.6) is 0 Å². The maximum Gasteiger partial charge on any atom is 0.152 e. The van der Waals surface area contributed by atoms with Gasteiger partial charge in [0.2, 0.25) is 0 Å². The summed E-state index contributed by atoms with van der Waals surface area (Å²) in [6.45, 7) is 10.9. The fourth-order valence-corrected chi connectivity index (χ4v) is 0.782. The second kappa shape index (κ2) is 5.20. The summed E-state index contributed by atoms with van der Waals surface area (Å²) in [6, 6.07) is 0.464. The number of nitrogens with zero attached hydrogens (tertiary/aromatic N) is 3. The minimum absolute atomic E-state index is 0.139. The quantitative estimate of drug-likeness (QED) is 0.423. The first-order valence-corrected chi connectivity index (χ1v) is 4.91. The van der Waals surface area contributed by atoms with Crippen LogP contribution < -0.4 is 0 Å². The maximum absolute atomic E-state index is 7.04. The van der Waals surface area contributed by atoms with Gasteiger partial charge < -0.3 is 0 Å². The molecule has 1 N–H and O–H groups in total. The molecule has 82 valence electrons. The Morgan fingerprint density at radius 2 is 1.86 bits per heavy atom. The lowest BCUT2D eigenvalue weighted by Gasteiger charge is -2.21. The summed E-state index contributed by atoms with van der Waals surface area (Å²) >= 11 is 0. The molecule has 14 heavy (non-hydrogen) atoms. The molecule has 0 aliphatic carbocycles. The van der Waals surface area contributed by atoms with Gasteiger partial charge in [0.1, 0.15) is 0 Å². The molecule has 0 aliphatic rings. The summed E-state index contributed by atoms with van der Waals surface area (Å²) in [7, 11) is 2.01. The summed E-state index contributed by atoms with van der Waals surface area (Å²) < 4.78 is 0. The second-order valence-corrected chi connectivity index (χ2v) is 4.84. The van der Waals surface area contributed by atoms with Crippen molar-refractivity contribution in [2.75, 3.05) is 13.7 Å². The lowest BCUT2D eigenvalue weighted by molar-refractivity contribution is 0.282. The van der Waals surface area contributed by atoms with E-state index < -0.39 is 0 Å². The van der Waals surface area contributed by atoms with Gasteiger partial charge in [0.25, 0.3) is 0 Å². The molecule has 0 aromatic rings. The lowest BCUT2D eigenvalue weighted by atomic mass is 9.95. The predicted octanol–water partition coefficient (Wildman–Crippen LogP) is 2.76. The predicted molar refractivity (Wildman–Crippen MR) is 59.8 cm³/mol. The van der Waals surface area contributed by atoms with E-state index in [0.29, 0.717) is 18.5 Å². The Hall–Kier alpha value is -0.770. The average Bonchev–Trinajstić information content (AvgIpc) is 2.02. The molecule has 0 aromatic heterocycles. The molecule has 0 heterocycles. The van der Waals surface area contributed by atoms with Crippen molar-refractivity contribution in [3.8, 4) is 0 Å². The van der Waals surface area contributed by atoms with Gasteiger partial charge in [0.05, 0.1) is 6.67 Å². The highest BCUT2D eigenvalue weighted by Crippen LogP contribution is 2.16. The highest BCUT2D eigenvalue weighted by Gasteiger charge is 2.18. The van der Waals surface area contributed by atoms with E-state index in [0.717, 1.165) is 0 Å². The molecular formula is C10H22N4. The fourth-order valence-electron chi connectivity index (χ4n) is 0.782. The first-order valence-electron chi connectivity index (χ1n) is 4.91. The summed E-state index contributed by atoms with van der Waals surface area (Å²) in [4.78, 5) is 6.43. The first kappa shape index (κ1) is 13.2. The van der Waals surface area contributed by atoms with Gasteiger partial charge in [-0.05, 0) is 20.9 Å². The van der Waals surface area contributed by atoms with Gasteiger partial charge in [-0.15, -0.1) is 5.11 Å². The van der Waals surface area contributed by atoms with Crippen LogP contribution in [0.2, 0.25) is 0 Å². The highest BCUT2D eigenvalue weighted by atomic mass is 15.2. The van der Waals surface area contributed by atoms with Crippen LogP contribution >= 0.6 is 0 Å². The van der Waals surface area contributed by atoms with Gasteiger partial charge in [-0.1, -0.05) is 20.8 Å². The minimum atomic E-state index is -0.139. The van der Waals surface area contributed by atoms with Crippen molar-refractivity contribution in [1.82, 2.24) is 4.90 Å². The van der Waals surface area contributed by atoms with Gasteiger partial charge >= 0.3 is 0 Å². The van der Waals surface area contributed by atoms with E-state index in [9.17, 15) is 0 Å². The Kier molecular flexibility index (Phi) is 4.91. The zero-order valence-corrected chi connectivity index (χ0v) is 10.1. The van der Waals surface area contributed by atoms with Crippen LogP contribution in [-0.4, -0.2) is 30.5 Å². The molecule has 0 saturated heterocycles. The van der Waals surface area contributed by atoms with Crippen molar-refractivity contribution in [1.29, 1.82) is 5.53 Å². The van der Waals surface area contributed by atoms with Gasteiger partial charge in [-0.25, -0.2) is 5.53 Å². The Morgan fingerprint density at radius 3 is 2.14 bits per heavy atom. The smallest absolute Gasteiger partial charge is 0.152 e. The van der Waals surface area contributed by atoms with Crippen molar-refractivity contribution >= 4 is 5.84 Å². The minimum Gasteiger partial charge on any atom is -0.285 e. The van der Waals surface area contributed by atoms with Gasteiger partial charge in [0, 0.05) is 11.5 Å². The number of amidine groups is 1. The SMILES string of the molecule is CC(C)N(C)CN=C(N=N)C(C)(C)C. The topological polar surface area (TPSA) is 51.8 Å². The molecule has 0 amide bonds. The Bertz CT molecular complexity index is 213. The van der Waals surface area contributed by atoms with Crippen molar-refractivity contribution < 1.29 is 0 Å². The van der Waals surface area contributed by atoms with Crippen LogP contribution in [-0.2, 0) is 0 Å². The molecular weight excluding hydrogens is 176 g/mol. The van der Waals surface area contributed by atoms with Gasteiger partial charge in [-0.2, -0.15) is 0 Å². The number of nitrogens with one attached hydrogen (secondary N) is 1. The summed E-state index contributed by atoms with van der Waals surface area (Å²) in [5.74, 6) is 0.602. The number of aliphatic imine (C=N–C) groups is 1. The molecule has 0 rings (SSSR count). The summed E-state index contributed by atoms with van der Waals surface area (Å²) in [5, 5.41) is 3.46. The third kappa shape index (κ3) is 4.46. The normalized spacial score (nSPS) is 13.9. The number of hydrogen-bond acceptors (Lipinski definition) is 3. The van der Waals surface area contributed by atoms with Gasteiger partial charge in [-0.3, -0.25) is 9.89 Å². The van der Waals surface area contributed by atoms with E-state index in [1.165, 1.54) is 0 Å². The summed E-state index contributed by atoms with van der Waals surface area (Å²) in [5.41, 5.74) is 6.90. The molecule has 0 bridgehead atoms. The van der Waals surface area contributed by atoms with Crippen molar-refractivity contribution in [2.45, 2.75) is 40.7 Å². The van der Waals surface area contributed by atoms with E-state index >= 15 is 0 Å². The molecule has 4 heteroatoms. The molecule has 0 spiro atoms. The average molecular weight is 198 g/mol. The zero-order chi connectivity index (χ0) is 11.4. The van der Waals surface area contributed by atoms with Crippen LogP contribution in [0.4, 0.5) is 0 Å². The molecule has 0 radical (unpaired) electrons. The van der Waals surface area contributed by atoms with E-state index in [2.05, 4.69) is 28.9 Å². The molecule has 0 fully saturated rings. The molecule has 0 unspecified atom stereocenters. The van der Waals surface area contributed by atoms with Gasteiger partial charge in [0.15, 0.2) is 5.84 Å². The Balaban J connectivity index is 4.41. The lowest BCUT2D eigenvalue weighted by Crippen LogP contribution is -2.28. The van der Waals surface area contributed by atoms with Crippen LogP contribution in [0, 0.1) is 10.9 Å².